The first-order valence-electron chi connectivity index (χ1n) is 14.6. The van der Waals surface area contributed by atoms with Crippen LogP contribution in [0, 0.1) is 5.92 Å². The summed E-state index contributed by atoms with van der Waals surface area (Å²) in [4.78, 5) is 34.6. The molecule has 3 atom stereocenters. The second-order valence-electron chi connectivity index (χ2n) is 11.4. The Hall–Kier alpha value is -4.47. The predicted molar refractivity (Wildman–Crippen MR) is 169 cm³/mol. The Morgan fingerprint density at radius 3 is 2.65 bits per heavy atom. The molecule has 0 radical (unpaired) electrons. The fourth-order valence-corrected chi connectivity index (χ4v) is 5.52. The summed E-state index contributed by atoms with van der Waals surface area (Å²) in [6, 6.07) is 22.3. The highest BCUT2D eigenvalue weighted by Crippen LogP contribution is 2.30. The smallest absolute Gasteiger partial charge is 0.323 e. The van der Waals surface area contributed by atoms with Crippen LogP contribution < -0.4 is 15.4 Å². The maximum atomic E-state index is 13.5. The number of nitrogens with one attached hydrogen (secondary N) is 2. The summed E-state index contributed by atoms with van der Waals surface area (Å²) >= 11 is 0. The molecule has 3 amide bonds. The van der Waals surface area contributed by atoms with E-state index >= 15 is 0 Å². The molecule has 3 aromatic carbocycles. The lowest BCUT2D eigenvalue weighted by Gasteiger charge is -2.34. The van der Waals surface area contributed by atoms with Gasteiger partial charge in [-0.25, -0.2) is 4.79 Å². The van der Waals surface area contributed by atoms with E-state index in [-0.39, 0.29) is 43.0 Å². The molecule has 2 heterocycles. The maximum absolute atomic E-state index is 13.5. The first-order chi connectivity index (χ1) is 20.8. The van der Waals surface area contributed by atoms with Gasteiger partial charge in [-0.2, -0.15) is 0 Å². The van der Waals surface area contributed by atoms with Crippen LogP contribution in [-0.4, -0.2) is 70.7 Å². The number of nitrogens with zero attached hydrogens (tertiary/aromatic N) is 3. The first kappa shape index (κ1) is 30.0. The molecule has 0 unspecified atom stereocenters. The van der Waals surface area contributed by atoms with Crippen LogP contribution in [-0.2, 0) is 17.8 Å². The number of aliphatic hydroxyl groups is 1. The number of aromatic nitrogens is 1. The Morgan fingerprint density at radius 1 is 1.09 bits per heavy atom. The third kappa shape index (κ3) is 7.49. The molecular formula is C34H39N5O4. The number of likely N-dealkylation sites (N-methyl/N-ethyl adjacent to an activating group) is 1. The first-order valence-corrected chi connectivity index (χ1v) is 14.6. The number of carbonyl (C=O) groups excluding carboxylic acids is 2. The fourth-order valence-electron chi connectivity index (χ4n) is 5.52. The van der Waals surface area contributed by atoms with E-state index in [1.807, 2.05) is 74.6 Å². The molecule has 1 aliphatic rings. The Kier molecular flexibility index (Phi) is 9.54. The van der Waals surface area contributed by atoms with Crippen LogP contribution in [0.15, 0.2) is 85.2 Å². The highest BCUT2D eigenvalue weighted by atomic mass is 16.5. The molecule has 1 aromatic heterocycles. The molecular weight excluding hydrogens is 542 g/mol. The van der Waals surface area contributed by atoms with E-state index in [1.54, 1.807) is 29.4 Å². The summed E-state index contributed by atoms with van der Waals surface area (Å²) in [5.41, 5.74) is 3.09. The Labute approximate surface area is 252 Å². The normalized spacial score (nSPS) is 17.8. The maximum Gasteiger partial charge on any atom is 0.323 e. The Morgan fingerprint density at radius 2 is 1.86 bits per heavy atom. The van der Waals surface area contributed by atoms with Gasteiger partial charge in [0.2, 0.25) is 5.91 Å². The summed E-state index contributed by atoms with van der Waals surface area (Å²) in [5.74, 6) is 0.510. The molecule has 0 aliphatic carbocycles. The van der Waals surface area contributed by atoms with Gasteiger partial charge >= 0.3 is 6.03 Å². The minimum atomic E-state index is -0.383. The van der Waals surface area contributed by atoms with Crippen LogP contribution >= 0.6 is 0 Å². The number of aliphatic hydroxyl groups excluding tert-OH is 1. The largest absolute Gasteiger partial charge is 0.488 e. The zero-order valence-corrected chi connectivity index (χ0v) is 24.9. The van der Waals surface area contributed by atoms with Gasteiger partial charge in [0.25, 0.3) is 0 Å². The van der Waals surface area contributed by atoms with E-state index in [9.17, 15) is 14.7 Å². The van der Waals surface area contributed by atoms with Crippen LogP contribution in [0.1, 0.15) is 25.0 Å². The van der Waals surface area contributed by atoms with Gasteiger partial charge < -0.3 is 25.4 Å². The number of anilines is 2. The van der Waals surface area contributed by atoms with Crippen molar-refractivity contribution in [1.82, 2.24) is 14.8 Å². The molecule has 3 N–H and O–H groups in total. The number of rotatable bonds is 8. The van der Waals surface area contributed by atoms with E-state index in [4.69, 9.17) is 4.74 Å². The molecule has 9 heteroatoms. The van der Waals surface area contributed by atoms with Crippen molar-refractivity contribution in [3.63, 3.8) is 0 Å². The van der Waals surface area contributed by atoms with Gasteiger partial charge in [0, 0.05) is 54.6 Å². The van der Waals surface area contributed by atoms with Crippen LogP contribution in [0.4, 0.5) is 16.2 Å². The van der Waals surface area contributed by atoms with Crippen molar-refractivity contribution in [3.05, 3.63) is 96.3 Å². The quantitative estimate of drug-likeness (QED) is 0.265. The van der Waals surface area contributed by atoms with Crippen molar-refractivity contribution < 1.29 is 19.4 Å². The summed E-state index contributed by atoms with van der Waals surface area (Å²) in [7, 11) is 2.05. The van der Waals surface area contributed by atoms with Gasteiger partial charge in [-0.15, -0.1) is 0 Å². The fraction of sp³-hybridized carbons (Fsp3) is 0.324. The van der Waals surface area contributed by atoms with E-state index in [2.05, 4.69) is 27.4 Å². The molecule has 0 bridgehead atoms. The third-order valence-corrected chi connectivity index (χ3v) is 7.91. The summed E-state index contributed by atoms with van der Waals surface area (Å²) < 4.78 is 6.63. The molecule has 1 aliphatic heterocycles. The number of carbonyl (C=O) groups is 2. The minimum absolute atomic E-state index is 0.00642. The van der Waals surface area contributed by atoms with Crippen LogP contribution in [0.25, 0.3) is 10.8 Å². The van der Waals surface area contributed by atoms with Crippen molar-refractivity contribution in [3.8, 4) is 5.75 Å². The average molecular weight is 582 g/mol. The van der Waals surface area contributed by atoms with Crippen LogP contribution in [0.3, 0.4) is 0 Å². The lowest BCUT2D eigenvalue weighted by molar-refractivity contribution is -0.134. The summed E-state index contributed by atoms with van der Waals surface area (Å²) in [6.45, 7) is 5.62. The zero-order chi connectivity index (χ0) is 30.3. The second-order valence-corrected chi connectivity index (χ2v) is 11.4. The van der Waals surface area contributed by atoms with Gasteiger partial charge in [0.05, 0.1) is 24.8 Å². The molecule has 4 aromatic rings. The average Bonchev–Trinajstić information content (AvgIpc) is 3.04. The molecule has 0 saturated heterocycles. The van der Waals surface area contributed by atoms with Gasteiger partial charge in [-0.1, -0.05) is 43.3 Å². The van der Waals surface area contributed by atoms with Gasteiger partial charge in [0.1, 0.15) is 11.9 Å². The lowest BCUT2D eigenvalue weighted by atomic mass is 10.0. The van der Waals surface area contributed by atoms with Crippen molar-refractivity contribution >= 4 is 34.1 Å². The van der Waals surface area contributed by atoms with Gasteiger partial charge in [0.15, 0.2) is 0 Å². The highest BCUT2D eigenvalue weighted by molar-refractivity contribution is 6.06. The van der Waals surface area contributed by atoms with Crippen molar-refractivity contribution in [2.75, 3.05) is 37.4 Å². The number of pyridine rings is 1. The number of benzene rings is 3. The Balaban J connectivity index is 1.37. The lowest BCUT2D eigenvalue weighted by Crippen LogP contribution is -2.47. The standard InChI is InChI=1S/C34H39N5O4/c1-23-19-39(24(2)22-40)33(41)18-27-17-28(36-34(42)37-30-10-6-8-26-7-4-5-9-29(26)30)11-12-31(27)43-32(23)21-38(3)20-25-13-15-35-16-14-25/h4-17,23-24,32,40H,18-22H2,1-3H3,(H2,36,37,42)/t23-,24+,32+/m0/s1. The molecule has 43 heavy (non-hydrogen) atoms. The summed E-state index contributed by atoms with van der Waals surface area (Å²) in [6.07, 6.45) is 3.43. The number of urea groups is 1. The van der Waals surface area contributed by atoms with E-state index in [0.29, 0.717) is 35.8 Å². The van der Waals surface area contributed by atoms with E-state index < -0.39 is 0 Å². The molecule has 5 rings (SSSR count). The highest BCUT2D eigenvalue weighted by Gasteiger charge is 2.31. The van der Waals surface area contributed by atoms with E-state index in [1.165, 1.54) is 0 Å². The number of fused-ring (bicyclic) bond motifs is 2. The molecule has 224 valence electrons. The second kappa shape index (κ2) is 13.7. The third-order valence-electron chi connectivity index (χ3n) is 7.91. The van der Waals surface area contributed by atoms with Gasteiger partial charge in [-0.3, -0.25) is 14.7 Å². The van der Waals surface area contributed by atoms with Crippen molar-refractivity contribution in [2.24, 2.45) is 5.92 Å². The number of amides is 3. The monoisotopic (exact) mass is 581 g/mol. The number of ether oxygens (including phenoxy) is 1. The SMILES string of the molecule is C[C@H](CO)N1C[C@H](C)[C@@H](CN(C)Cc2ccncc2)Oc2ccc(NC(=O)Nc3cccc4ccccc34)cc2CC1=O. The number of hydrogen-bond acceptors (Lipinski definition) is 6. The summed E-state index contributed by atoms with van der Waals surface area (Å²) in [5, 5.41) is 17.8. The molecule has 0 saturated carbocycles. The van der Waals surface area contributed by atoms with Crippen LogP contribution in [0.5, 0.6) is 5.75 Å². The Bertz CT molecular complexity index is 1560. The van der Waals surface area contributed by atoms with Gasteiger partial charge in [-0.05, 0) is 61.3 Å². The topological polar surface area (TPSA) is 107 Å². The molecule has 0 spiro atoms. The minimum Gasteiger partial charge on any atom is -0.488 e. The number of hydrogen-bond donors (Lipinski definition) is 3. The zero-order valence-electron chi connectivity index (χ0n) is 24.9. The van der Waals surface area contributed by atoms with Crippen molar-refractivity contribution in [1.29, 1.82) is 0 Å². The van der Waals surface area contributed by atoms with E-state index in [0.717, 1.165) is 22.9 Å². The molecule has 0 fully saturated rings. The predicted octanol–water partition coefficient (Wildman–Crippen LogP) is 5.16. The molecule has 9 nitrogen and oxygen atoms in total. The van der Waals surface area contributed by atoms with Crippen molar-refractivity contribution in [2.45, 2.75) is 39.0 Å². The van der Waals surface area contributed by atoms with Crippen LogP contribution in [0.2, 0.25) is 0 Å².